The number of allylic oxidation sites excluding steroid dienone is 3. The summed E-state index contributed by atoms with van der Waals surface area (Å²) in [5, 5.41) is 2.95. The molecule has 1 radical (unpaired) electrons. The third-order valence-corrected chi connectivity index (χ3v) is 2.57. The maximum atomic E-state index is 13.3. The molecule has 1 aromatic rings. The SMILES string of the molecule is CC(C)=CCC/C(C)=C/[CH]Nc1ccccc1F. The number of rotatable bonds is 6. The van der Waals surface area contributed by atoms with Crippen LogP contribution < -0.4 is 5.32 Å². The van der Waals surface area contributed by atoms with Crippen molar-refractivity contribution in [1.82, 2.24) is 0 Å². The van der Waals surface area contributed by atoms with E-state index in [-0.39, 0.29) is 5.82 Å². The van der Waals surface area contributed by atoms with Crippen molar-refractivity contribution in [2.75, 3.05) is 5.32 Å². The van der Waals surface area contributed by atoms with Gasteiger partial charge in [0.25, 0.3) is 0 Å². The lowest BCUT2D eigenvalue weighted by Gasteiger charge is -2.04. The molecule has 1 rings (SSSR count). The lowest BCUT2D eigenvalue weighted by molar-refractivity contribution is 0.631. The van der Waals surface area contributed by atoms with Crippen molar-refractivity contribution in [1.29, 1.82) is 0 Å². The highest BCUT2D eigenvalue weighted by Crippen LogP contribution is 2.14. The monoisotopic (exact) mass is 246 g/mol. The van der Waals surface area contributed by atoms with Crippen LogP contribution in [-0.2, 0) is 0 Å². The van der Waals surface area contributed by atoms with Gasteiger partial charge in [-0.15, -0.1) is 0 Å². The second-order valence-corrected chi connectivity index (χ2v) is 4.62. The summed E-state index contributed by atoms with van der Waals surface area (Å²) in [6, 6.07) is 6.66. The fraction of sp³-hybridized carbons (Fsp3) is 0.312. The maximum Gasteiger partial charge on any atom is 0.146 e. The summed E-state index contributed by atoms with van der Waals surface area (Å²) in [4.78, 5) is 0. The van der Waals surface area contributed by atoms with Gasteiger partial charge in [-0.05, 0) is 45.7 Å². The van der Waals surface area contributed by atoms with Crippen LogP contribution in [-0.4, -0.2) is 0 Å². The van der Waals surface area contributed by atoms with Crippen LogP contribution in [0.15, 0.2) is 47.6 Å². The first kappa shape index (κ1) is 14.5. The highest BCUT2D eigenvalue weighted by Gasteiger charge is 1.97. The average Bonchev–Trinajstić information content (AvgIpc) is 2.31. The smallest absolute Gasteiger partial charge is 0.146 e. The number of anilines is 1. The van der Waals surface area contributed by atoms with Crippen LogP contribution in [0.5, 0.6) is 0 Å². The Morgan fingerprint density at radius 3 is 2.61 bits per heavy atom. The molecule has 0 amide bonds. The molecular formula is C16H21FN. The number of para-hydroxylation sites is 1. The highest BCUT2D eigenvalue weighted by atomic mass is 19.1. The molecule has 1 N–H and O–H groups in total. The quantitative estimate of drug-likeness (QED) is 0.689. The second-order valence-electron chi connectivity index (χ2n) is 4.62. The van der Waals surface area contributed by atoms with E-state index in [4.69, 9.17) is 0 Å². The molecule has 97 valence electrons. The van der Waals surface area contributed by atoms with Gasteiger partial charge in [0.15, 0.2) is 0 Å². The van der Waals surface area contributed by atoms with Gasteiger partial charge in [0, 0.05) is 0 Å². The molecule has 0 bridgehead atoms. The molecular weight excluding hydrogens is 225 g/mol. The molecule has 0 aromatic heterocycles. The number of nitrogens with one attached hydrogen (secondary N) is 1. The third kappa shape index (κ3) is 5.67. The molecule has 2 heteroatoms. The van der Waals surface area contributed by atoms with E-state index in [1.54, 1.807) is 18.7 Å². The third-order valence-electron chi connectivity index (χ3n) is 2.57. The molecule has 0 heterocycles. The molecule has 0 spiro atoms. The van der Waals surface area contributed by atoms with E-state index in [9.17, 15) is 4.39 Å². The number of benzene rings is 1. The lowest BCUT2D eigenvalue weighted by atomic mass is 10.1. The number of halogens is 1. The topological polar surface area (TPSA) is 12.0 Å². The zero-order chi connectivity index (χ0) is 13.4. The van der Waals surface area contributed by atoms with Crippen LogP contribution in [0.25, 0.3) is 0 Å². The van der Waals surface area contributed by atoms with E-state index in [0.717, 1.165) is 12.8 Å². The fourth-order valence-corrected chi connectivity index (χ4v) is 1.52. The van der Waals surface area contributed by atoms with Crippen LogP contribution in [0, 0.1) is 12.4 Å². The Bertz CT molecular complexity index is 428. The minimum atomic E-state index is -0.232. The number of hydrogen-bond acceptors (Lipinski definition) is 1. The summed E-state index contributed by atoms with van der Waals surface area (Å²) in [6.45, 7) is 8.07. The largest absolute Gasteiger partial charge is 0.374 e. The van der Waals surface area contributed by atoms with Gasteiger partial charge in [-0.2, -0.15) is 0 Å². The van der Waals surface area contributed by atoms with Crippen molar-refractivity contribution in [3.05, 3.63) is 59.9 Å². The molecule has 0 atom stereocenters. The predicted octanol–water partition coefficient (Wildman–Crippen LogP) is 5.09. The first-order valence-electron chi connectivity index (χ1n) is 6.23. The van der Waals surface area contributed by atoms with Gasteiger partial charge in [-0.1, -0.05) is 35.4 Å². The van der Waals surface area contributed by atoms with Crippen LogP contribution in [0.3, 0.4) is 0 Å². The zero-order valence-corrected chi connectivity index (χ0v) is 11.3. The van der Waals surface area contributed by atoms with Gasteiger partial charge in [0.2, 0.25) is 0 Å². The zero-order valence-electron chi connectivity index (χ0n) is 11.3. The Hall–Kier alpha value is -1.57. The van der Waals surface area contributed by atoms with Gasteiger partial charge in [0.05, 0.1) is 12.2 Å². The summed E-state index contributed by atoms with van der Waals surface area (Å²) in [5.74, 6) is -0.232. The van der Waals surface area contributed by atoms with Gasteiger partial charge in [-0.3, -0.25) is 0 Å². The van der Waals surface area contributed by atoms with E-state index in [1.807, 2.05) is 12.1 Å². The first-order valence-corrected chi connectivity index (χ1v) is 6.23. The summed E-state index contributed by atoms with van der Waals surface area (Å²) < 4.78 is 13.3. The van der Waals surface area contributed by atoms with Crippen LogP contribution >= 0.6 is 0 Å². The van der Waals surface area contributed by atoms with Crippen molar-refractivity contribution in [3.8, 4) is 0 Å². The standard InChI is InChI=1S/C16H21FN/c1-13(2)7-6-8-14(3)11-12-18-16-10-5-4-9-15(16)17/h4-5,7,9-12,18H,6,8H2,1-3H3/b14-11+. The molecule has 0 saturated carbocycles. The van der Waals surface area contributed by atoms with E-state index in [1.165, 1.54) is 17.2 Å². The summed E-state index contributed by atoms with van der Waals surface area (Å²) in [6.07, 6.45) is 6.30. The molecule has 1 nitrogen and oxygen atoms in total. The molecule has 0 aliphatic rings. The predicted molar refractivity (Wildman–Crippen MR) is 76.7 cm³/mol. The average molecular weight is 246 g/mol. The lowest BCUT2D eigenvalue weighted by Crippen LogP contribution is -1.95. The van der Waals surface area contributed by atoms with Crippen molar-refractivity contribution in [2.45, 2.75) is 33.6 Å². The Kier molecular flexibility index (Phi) is 6.20. The van der Waals surface area contributed by atoms with Gasteiger partial charge < -0.3 is 5.32 Å². The molecule has 0 saturated heterocycles. The van der Waals surface area contributed by atoms with Crippen molar-refractivity contribution < 1.29 is 4.39 Å². The van der Waals surface area contributed by atoms with E-state index >= 15 is 0 Å². The molecule has 0 aliphatic carbocycles. The molecule has 18 heavy (non-hydrogen) atoms. The summed E-state index contributed by atoms with van der Waals surface area (Å²) in [5.41, 5.74) is 3.12. The van der Waals surface area contributed by atoms with Crippen LogP contribution in [0.1, 0.15) is 33.6 Å². The van der Waals surface area contributed by atoms with Crippen molar-refractivity contribution >= 4 is 5.69 Å². The minimum Gasteiger partial charge on any atom is -0.374 e. The highest BCUT2D eigenvalue weighted by molar-refractivity contribution is 5.46. The summed E-state index contributed by atoms with van der Waals surface area (Å²) in [7, 11) is 0. The van der Waals surface area contributed by atoms with E-state index in [2.05, 4.69) is 32.2 Å². The Labute approximate surface area is 109 Å². The van der Waals surface area contributed by atoms with Gasteiger partial charge in [-0.25, -0.2) is 4.39 Å². The van der Waals surface area contributed by atoms with Gasteiger partial charge in [0.1, 0.15) is 5.82 Å². The normalized spacial score (nSPS) is 11.2. The van der Waals surface area contributed by atoms with E-state index < -0.39 is 0 Å². The molecule has 0 fully saturated rings. The molecule has 1 aromatic carbocycles. The molecule has 0 aliphatic heterocycles. The minimum absolute atomic E-state index is 0.232. The fourth-order valence-electron chi connectivity index (χ4n) is 1.52. The Morgan fingerprint density at radius 1 is 1.22 bits per heavy atom. The Balaban J connectivity index is 2.36. The molecule has 0 unspecified atom stereocenters. The van der Waals surface area contributed by atoms with E-state index in [0.29, 0.717) is 5.69 Å². The maximum absolute atomic E-state index is 13.3. The number of hydrogen-bond donors (Lipinski definition) is 1. The van der Waals surface area contributed by atoms with Gasteiger partial charge >= 0.3 is 0 Å². The van der Waals surface area contributed by atoms with Crippen LogP contribution in [0.2, 0.25) is 0 Å². The van der Waals surface area contributed by atoms with Crippen molar-refractivity contribution in [3.63, 3.8) is 0 Å². The van der Waals surface area contributed by atoms with Crippen LogP contribution in [0.4, 0.5) is 10.1 Å². The summed E-state index contributed by atoms with van der Waals surface area (Å²) >= 11 is 0. The second kappa shape index (κ2) is 7.70. The Morgan fingerprint density at radius 2 is 1.94 bits per heavy atom. The van der Waals surface area contributed by atoms with Crippen molar-refractivity contribution in [2.24, 2.45) is 0 Å². The first-order chi connectivity index (χ1) is 8.59.